The predicted molar refractivity (Wildman–Crippen MR) is 70.5 cm³/mol. The molecule has 0 amide bonds. The highest BCUT2D eigenvalue weighted by atomic mass is 15.1. The van der Waals surface area contributed by atoms with Gasteiger partial charge in [0.1, 0.15) is 0 Å². The van der Waals surface area contributed by atoms with Crippen LogP contribution in [0.4, 0.5) is 0 Å². The van der Waals surface area contributed by atoms with Crippen LogP contribution in [-0.4, -0.2) is 24.5 Å². The van der Waals surface area contributed by atoms with E-state index < -0.39 is 0 Å². The number of hydrogen-bond acceptors (Lipinski definition) is 1. The molecule has 1 aliphatic heterocycles. The molecule has 1 aliphatic carbocycles. The van der Waals surface area contributed by atoms with Crippen LogP contribution in [0, 0.1) is 11.3 Å². The van der Waals surface area contributed by atoms with Crippen LogP contribution in [0.25, 0.3) is 0 Å². The van der Waals surface area contributed by atoms with Crippen LogP contribution in [0.5, 0.6) is 0 Å². The minimum atomic E-state index is 0.500. The van der Waals surface area contributed by atoms with Crippen LogP contribution in [0.1, 0.15) is 40.0 Å². The maximum absolute atomic E-state index is 2.63. The van der Waals surface area contributed by atoms with Crippen LogP contribution in [0.15, 0.2) is 23.8 Å². The summed E-state index contributed by atoms with van der Waals surface area (Å²) in [5.74, 6) is 0.916. The topological polar surface area (TPSA) is 3.24 Å². The quantitative estimate of drug-likeness (QED) is 0.685. The van der Waals surface area contributed by atoms with Crippen molar-refractivity contribution in [2.24, 2.45) is 11.3 Å². The van der Waals surface area contributed by atoms with Gasteiger partial charge >= 0.3 is 0 Å². The molecule has 0 aromatic carbocycles. The zero-order valence-corrected chi connectivity index (χ0v) is 11.0. The van der Waals surface area contributed by atoms with E-state index in [1.807, 2.05) is 0 Å². The van der Waals surface area contributed by atoms with Crippen LogP contribution in [-0.2, 0) is 0 Å². The largest absolute Gasteiger partial charge is 0.299 e. The molecule has 0 spiro atoms. The molecule has 1 saturated heterocycles. The third-order valence-corrected chi connectivity index (χ3v) is 4.09. The molecule has 0 atom stereocenters. The summed E-state index contributed by atoms with van der Waals surface area (Å²) in [7, 11) is 0. The van der Waals surface area contributed by atoms with E-state index in [0.717, 1.165) is 5.92 Å². The summed E-state index contributed by atoms with van der Waals surface area (Å²) >= 11 is 0. The summed E-state index contributed by atoms with van der Waals surface area (Å²) in [6.07, 6.45) is 10.7. The Kier molecular flexibility index (Phi) is 3.53. The van der Waals surface area contributed by atoms with E-state index in [0.29, 0.717) is 5.41 Å². The van der Waals surface area contributed by atoms with Crippen LogP contribution in [0.3, 0.4) is 0 Å². The van der Waals surface area contributed by atoms with Crippen molar-refractivity contribution in [3.8, 4) is 0 Å². The molecule has 1 nitrogen and oxygen atoms in total. The molecule has 1 heteroatoms. The maximum atomic E-state index is 2.63. The molecule has 1 fully saturated rings. The Morgan fingerprint density at radius 2 is 1.94 bits per heavy atom. The number of piperidine rings is 1. The molecule has 0 radical (unpaired) electrons. The van der Waals surface area contributed by atoms with Gasteiger partial charge in [-0.15, -0.1) is 0 Å². The summed E-state index contributed by atoms with van der Waals surface area (Å²) in [5, 5.41) is 0. The zero-order chi connectivity index (χ0) is 11.6. The van der Waals surface area contributed by atoms with Crippen molar-refractivity contribution in [2.45, 2.75) is 40.0 Å². The van der Waals surface area contributed by atoms with E-state index in [4.69, 9.17) is 0 Å². The van der Waals surface area contributed by atoms with Gasteiger partial charge in [-0.3, -0.25) is 4.90 Å². The van der Waals surface area contributed by atoms with Gasteiger partial charge in [0.2, 0.25) is 0 Å². The van der Waals surface area contributed by atoms with Gasteiger partial charge in [0.05, 0.1) is 0 Å². The van der Waals surface area contributed by atoms with E-state index >= 15 is 0 Å². The molecule has 0 saturated carbocycles. The maximum Gasteiger partial charge on any atom is 0.0199 e. The van der Waals surface area contributed by atoms with Crippen molar-refractivity contribution < 1.29 is 0 Å². The third-order valence-electron chi connectivity index (χ3n) is 4.09. The van der Waals surface area contributed by atoms with Gasteiger partial charge in [0.15, 0.2) is 0 Å². The van der Waals surface area contributed by atoms with Crippen molar-refractivity contribution in [3.63, 3.8) is 0 Å². The van der Waals surface area contributed by atoms with Gasteiger partial charge in [-0.1, -0.05) is 44.6 Å². The van der Waals surface area contributed by atoms with Crippen LogP contribution in [0.2, 0.25) is 0 Å². The lowest BCUT2D eigenvalue weighted by Crippen LogP contribution is -2.38. The number of nitrogens with zero attached hydrogens (tertiary/aromatic N) is 1. The Labute approximate surface area is 100 Å². The van der Waals surface area contributed by atoms with E-state index in [1.165, 1.54) is 38.9 Å². The molecule has 0 unspecified atom stereocenters. The van der Waals surface area contributed by atoms with E-state index in [2.05, 4.69) is 43.9 Å². The smallest absolute Gasteiger partial charge is 0.0199 e. The Hall–Kier alpha value is -0.560. The molecule has 0 aromatic heterocycles. The Morgan fingerprint density at radius 3 is 2.44 bits per heavy atom. The lowest BCUT2D eigenvalue weighted by Gasteiger charge is -2.39. The number of rotatable bonds is 2. The lowest BCUT2D eigenvalue weighted by molar-refractivity contribution is 0.118. The van der Waals surface area contributed by atoms with Crippen molar-refractivity contribution in [1.29, 1.82) is 0 Å². The van der Waals surface area contributed by atoms with Gasteiger partial charge in [0, 0.05) is 6.54 Å². The average molecular weight is 219 g/mol. The molecule has 0 bridgehead atoms. The minimum Gasteiger partial charge on any atom is -0.299 e. The molecule has 2 aliphatic rings. The summed E-state index contributed by atoms with van der Waals surface area (Å²) in [4.78, 5) is 2.63. The molecule has 16 heavy (non-hydrogen) atoms. The Morgan fingerprint density at radius 1 is 1.25 bits per heavy atom. The third kappa shape index (κ3) is 2.98. The van der Waals surface area contributed by atoms with Gasteiger partial charge in [-0.25, -0.2) is 0 Å². The highest BCUT2D eigenvalue weighted by Crippen LogP contribution is 2.34. The van der Waals surface area contributed by atoms with E-state index in [-0.39, 0.29) is 0 Å². The number of allylic oxidation sites excluding steroid dienone is 3. The fourth-order valence-electron chi connectivity index (χ4n) is 2.85. The first kappa shape index (κ1) is 11.9. The monoisotopic (exact) mass is 219 g/mol. The fraction of sp³-hybridized carbons (Fsp3) is 0.733. The molecular weight excluding hydrogens is 194 g/mol. The second-order valence-corrected chi connectivity index (χ2v) is 6.37. The standard InChI is InChI=1S/C15H25N/c1-15(2,3)14-8-10-16(11-9-14)12-13-6-4-5-7-13/h4-6,14H,7-12H2,1-3H3. The van der Waals surface area contributed by atoms with Crippen molar-refractivity contribution in [3.05, 3.63) is 23.8 Å². The summed E-state index contributed by atoms with van der Waals surface area (Å²) in [6.45, 7) is 10.9. The molecular formula is C15H25N. The van der Waals surface area contributed by atoms with Crippen molar-refractivity contribution >= 4 is 0 Å². The lowest BCUT2D eigenvalue weighted by atomic mass is 9.75. The van der Waals surface area contributed by atoms with Crippen molar-refractivity contribution in [1.82, 2.24) is 4.90 Å². The van der Waals surface area contributed by atoms with Gasteiger partial charge in [-0.2, -0.15) is 0 Å². The first-order valence-corrected chi connectivity index (χ1v) is 6.62. The molecule has 90 valence electrons. The van der Waals surface area contributed by atoms with Gasteiger partial charge in [-0.05, 0) is 43.7 Å². The molecule has 2 rings (SSSR count). The summed E-state index contributed by atoms with van der Waals surface area (Å²) in [6, 6.07) is 0. The zero-order valence-electron chi connectivity index (χ0n) is 11.0. The Bertz CT molecular complexity index is 285. The second kappa shape index (κ2) is 4.75. The minimum absolute atomic E-state index is 0.500. The Balaban J connectivity index is 1.77. The van der Waals surface area contributed by atoms with E-state index in [9.17, 15) is 0 Å². The summed E-state index contributed by atoms with van der Waals surface area (Å²) < 4.78 is 0. The van der Waals surface area contributed by atoms with Crippen LogP contribution >= 0.6 is 0 Å². The fourth-order valence-corrected chi connectivity index (χ4v) is 2.85. The summed E-state index contributed by atoms with van der Waals surface area (Å²) in [5.41, 5.74) is 2.09. The van der Waals surface area contributed by atoms with Crippen molar-refractivity contribution in [2.75, 3.05) is 19.6 Å². The average Bonchev–Trinajstić information content (AvgIpc) is 2.70. The second-order valence-electron chi connectivity index (χ2n) is 6.37. The number of likely N-dealkylation sites (tertiary alicyclic amines) is 1. The van der Waals surface area contributed by atoms with Gasteiger partial charge < -0.3 is 0 Å². The molecule has 0 N–H and O–H groups in total. The highest BCUT2D eigenvalue weighted by molar-refractivity contribution is 5.24. The first-order valence-electron chi connectivity index (χ1n) is 6.62. The predicted octanol–water partition coefficient (Wildman–Crippen LogP) is 3.63. The first-order chi connectivity index (χ1) is 7.55. The normalized spacial score (nSPS) is 23.8. The van der Waals surface area contributed by atoms with E-state index in [1.54, 1.807) is 5.57 Å². The highest BCUT2D eigenvalue weighted by Gasteiger charge is 2.28. The van der Waals surface area contributed by atoms with Gasteiger partial charge in [0.25, 0.3) is 0 Å². The van der Waals surface area contributed by atoms with Crippen LogP contribution < -0.4 is 0 Å². The SMILES string of the molecule is CC(C)(C)C1CCN(CC2=CC=CC2)CC1. The molecule has 1 heterocycles. The number of hydrogen-bond donors (Lipinski definition) is 0. The molecule has 0 aromatic rings.